The first-order valence-corrected chi connectivity index (χ1v) is 7.46. The van der Waals surface area contributed by atoms with Crippen LogP contribution in [-0.2, 0) is 9.59 Å². The third-order valence-corrected chi connectivity index (χ3v) is 4.37. The van der Waals surface area contributed by atoms with Crippen molar-refractivity contribution < 1.29 is 9.59 Å². The topological polar surface area (TPSA) is 67.7 Å². The van der Waals surface area contributed by atoms with Crippen LogP contribution in [0, 0.1) is 17.2 Å². The molecule has 0 radical (unpaired) electrons. The Morgan fingerprint density at radius 1 is 1.17 bits per heavy atom. The summed E-state index contributed by atoms with van der Waals surface area (Å²) >= 11 is 0. The van der Waals surface area contributed by atoms with E-state index in [4.69, 9.17) is 0 Å². The van der Waals surface area contributed by atoms with Gasteiger partial charge in [0.25, 0.3) is 5.91 Å². The molecule has 0 spiro atoms. The molecule has 0 N–H and O–H groups in total. The van der Waals surface area contributed by atoms with Gasteiger partial charge < -0.3 is 0 Å². The molecule has 2 heterocycles. The quantitative estimate of drug-likeness (QED) is 0.775. The van der Waals surface area contributed by atoms with Crippen LogP contribution in [0.5, 0.6) is 0 Å². The summed E-state index contributed by atoms with van der Waals surface area (Å²) in [6.45, 7) is 1.84. The van der Waals surface area contributed by atoms with E-state index < -0.39 is 12.0 Å². The van der Waals surface area contributed by atoms with Crippen LogP contribution in [0.25, 0.3) is 0 Å². The second-order valence-electron chi connectivity index (χ2n) is 6.04. The second-order valence-corrected chi connectivity index (χ2v) is 6.04. The number of benzene rings is 1. The normalized spacial score (nSPS) is 24.3. The maximum Gasteiger partial charge on any atom is 0.258 e. The van der Waals surface area contributed by atoms with Gasteiger partial charge in [0, 0.05) is 14.1 Å². The van der Waals surface area contributed by atoms with Gasteiger partial charge in [0.05, 0.1) is 11.6 Å². The molecule has 23 heavy (non-hydrogen) atoms. The van der Waals surface area contributed by atoms with E-state index in [0.29, 0.717) is 17.8 Å². The second kappa shape index (κ2) is 5.52. The van der Waals surface area contributed by atoms with E-state index in [1.165, 1.54) is 4.90 Å². The lowest BCUT2D eigenvalue weighted by Gasteiger charge is -2.40. The van der Waals surface area contributed by atoms with Gasteiger partial charge in [-0.1, -0.05) is 18.2 Å². The van der Waals surface area contributed by atoms with Crippen molar-refractivity contribution in [2.75, 3.05) is 19.0 Å². The van der Waals surface area contributed by atoms with Crippen LogP contribution in [0.3, 0.4) is 0 Å². The van der Waals surface area contributed by atoms with Crippen LogP contribution >= 0.6 is 0 Å². The highest BCUT2D eigenvalue weighted by atomic mass is 16.2. The Bertz CT molecular complexity index is 733. The van der Waals surface area contributed by atoms with Gasteiger partial charge in [-0.3, -0.25) is 14.6 Å². The lowest BCUT2D eigenvalue weighted by molar-refractivity contribution is -0.127. The molecule has 6 nitrogen and oxygen atoms in total. The van der Waals surface area contributed by atoms with E-state index in [1.807, 2.05) is 13.0 Å². The number of imide groups is 1. The monoisotopic (exact) mass is 310 g/mol. The van der Waals surface area contributed by atoms with Crippen LogP contribution in [-0.4, -0.2) is 42.0 Å². The van der Waals surface area contributed by atoms with Gasteiger partial charge in [0.2, 0.25) is 5.91 Å². The fourth-order valence-corrected chi connectivity index (χ4v) is 3.38. The fraction of sp³-hybridized carbons (Fsp3) is 0.353. The van der Waals surface area contributed by atoms with Crippen molar-refractivity contribution in [1.29, 1.82) is 5.26 Å². The van der Waals surface area contributed by atoms with Gasteiger partial charge in [-0.2, -0.15) is 5.26 Å². The number of allylic oxidation sites excluding steroid dienone is 2. The zero-order valence-electron chi connectivity index (χ0n) is 13.4. The van der Waals surface area contributed by atoms with Gasteiger partial charge in [-0.25, -0.2) is 9.91 Å². The molecule has 0 saturated carbocycles. The van der Waals surface area contributed by atoms with Crippen LogP contribution < -0.4 is 4.90 Å². The Balaban J connectivity index is 2.07. The molecule has 3 rings (SSSR count). The largest absolute Gasteiger partial charge is 0.283 e. The van der Waals surface area contributed by atoms with Gasteiger partial charge in [-0.05, 0) is 31.1 Å². The van der Waals surface area contributed by atoms with Gasteiger partial charge in [0.15, 0.2) is 0 Å². The molecule has 0 aromatic heterocycles. The number of hydrazine groups is 1. The standard InChI is InChI=1S/C17H18N4O2/c1-11-9-13-15(21(19(2)3)14(11)10-18)17(23)20(16(13)22)12-7-5-4-6-8-12/h4-8,13,15H,9H2,1-3H3/t13-,15+/m1/s1. The summed E-state index contributed by atoms with van der Waals surface area (Å²) in [6.07, 6.45) is 0.436. The average molecular weight is 310 g/mol. The predicted molar refractivity (Wildman–Crippen MR) is 84.7 cm³/mol. The molecule has 1 aromatic rings. The summed E-state index contributed by atoms with van der Waals surface area (Å²) in [5.41, 5.74) is 1.86. The molecule has 6 heteroatoms. The number of amides is 2. The minimum atomic E-state index is -0.656. The molecule has 2 aliphatic rings. The first-order chi connectivity index (χ1) is 11.0. The van der Waals surface area contributed by atoms with Crippen molar-refractivity contribution in [2.45, 2.75) is 19.4 Å². The van der Waals surface area contributed by atoms with Crippen molar-refractivity contribution in [3.63, 3.8) is 0 Å². The predicted octanol–water partition coefficient (Wildman–Crippen LogP) is 1.52. The first kappa shape index (κ1) is 15.3. The number of anilines is 1. The number of fused-ring (bicyclic) bond motifs is 1. The van der Waals surface area contributed by atoms with Crippen molar-refractivity contribution in [3.8, 4) is 6.07 Å². The fourth-order valence-electron chi connectivity index (χ4n) is 3.38. The number of para-hydroxylation sites is 1. The Hall–Kier alpha value is -2.65. The molecule has 1 aromatic carbocycles. The van der Waals surface area contributed by atoms with E-state index in [0.717, 1.165) is 5.57 Å². The van der Waals surface area contributed by atoms with E-state index >= 15 is 0 Å². The lowest BCUT2D eigenvalue weighted by atomic mass is 9.89. The third-order valence-electron chi connectivity index (χ3n) is 4.37. The number of carbonyl (C=O) groups excluding carboxylic acids is 2. The van der Waals surface area contributed by atoms with Crippen LogP contribution in [0.1, 0.15) is 13.3 Å². The van der Waals surface area contributed by atoms with E-state index in [1.54, 1.807) is 48.4 Å². The van der Waals surface area contributed by atoms with Crippen molar-refractivity contribution in [1.82, 2.24) is 10.0 Å². The Morgan fingerprint density at radius 2 is 1.83 bits per heavy atom. The number of hydrogen-bond donors (Lipinski definition) is 0. The first-order valence-electron chi connectivity index (χ1n) is 7.46. The molecular weight excluding hydrogens is 292 g/mol. The number of nitrogens with zero attached hydrogens (tertiary/aromatic N) is 4. The van der Waals surface area contributed by atoms with Crippen molar-refractivity contribution in [2.24, 2.45) is 5.92 Å². The van der Waals surface area contributed by atoms with Crippen LogP contribution in [0.15, 0.2) is 41.6 Å². The highest BCUT2D eigenvalue weighted by Crippen LogP contribution is 2.39. The van der Waals surface area contributed by atoms with Gasteiger partial charge in [-0.15, -0.1) is 0 Å². The SMILES string of the molecule is CC1=C(C#N)N(N(C)C)[C@@H]2C(=O)N(c3ccccc3)C(=O)[C@@H]2C1. The molecule has 1 fully saturated rings. The van der Waals surface area contributed by atoms with Gasteiger partial charge >= 0.3 is 0 Å². The smallest absolute Gasteiger partial charge is 0.258 e. The Kier molecular flexibility index (Phi) is 3.66. The molecule has 0 bridgehead atoms. The Morgan fingerprint density at radius 3 is 2.39 bits per heavy atom. The molecule has 2 atom stereocenters. The highest BCUT2D eigenvalue weighted by Gasteiger charge is 2.54. The van der Waals surface area contributed by atoms with E-state index in [9.17, 15) is 14.9 Å². The van der Waals surface area contributed by atoms with E-state index in [2.05, 4.69) is 6.07 Å². The molecular formula is C17H18N4O2. The molecule has 118 valence electrons. The molecule has 0 unspecified atom stereocenters. The van der Waals surface area contributed by atoms with Gasteiger partial charge in [0.1, 0.15) is 17.8 Å². The zero-order chi connectivity index (χ0) is 16.7. The van der Waals surface area contributed by atoms with Crippen LogP contribution in [0.4, 0.5) is 5.69 Å². The summed E-state index contributed by atoms with van der Waals surface area (Å²) in [4.78, 5) is 27.0. The number of hydrogen-bond acceptors (Lipinski definition) is 5. The molecule has 1 saturated heterocycles. The van der Waals surface area contributed by atoms with E-state index in [-0.39, 0.29) is 11.8 Å². The number of carbonyl (C=O) groups is 2. The van der Waals surface area contributed by atoms with Crippen LogP contribution in [0.2, 0.25) is 0 Å². The number of nitriles is 1. The summed E-state index contributed by atoms with van der Waals surface area (Å²) in [5, 5.41) is 12.8. The molecule has 0 aliphatic carbocycles. The maximum atomic E-state index is 12.9. The maximum absolute atomic E-state index is 12.9. The molecule has 2 amide bonds. The third kappa shape index (κ3) is 2.21. The summed E-state index contributed by atoms with van der Waals surface area (Å²) < 4.78 is 0. The summed E-state index contributed by atoms with van der Waals surface area (Å²) in [5.74, 6) is -0.934. The summed E-state index contributed by atoms with van der Waals surface area (Å²) in [7, 11) is 3.55. The minimum absolute atomic E-state index is 0.200. The number of rotatable bonds is 2. The summed E-state index contributed by atoms with van der Waals surface area (Å²) in [6, 6.07) is 10.4. The van der Waals surface area contributed by atoms with Crippen molar-refractivity contribution >= 4 is 17.5 Å². The average Bonchev–Trinajstić information content (AvgIpc) is 2.77. The molecule has 2 aliphatic heterocycles. The lowest BCUT2D eigenvalue weighted by Crippen LogP contribution is -2.52. The highest BCUT2D eigenvalue weighted by molar-refractivity contribution is 6.23. The van der Waals surface area contributed by atoms with Crippen molar-refractivity contribution in [3.05, 3.63) is 41.6 Å². The zero-order valence-corrected chi connectivity index (χ0v) is 13.4. The minimum Gasteiger partial charge on any atom is -0.283 e. The Labute approximate surface area is 135 Å².